The lowest BCUT2D eigenvalue weighted by molar-refractivity contribution is 0.103. The van der Waals surface area contributed by atoms with Crippen LogP contribution in [0.4, 0.5) is 0 Å². The van der Waals surface area contributed by atoms with Gasteiger partial charge in [0.2, 0.25) is 0 Å². The zero-order chi connectivity index (χ0) is 9.28. The van der Waals surface area contributed by atoms with Crippen LogP contribution in [-0.2, 0) is 4.84 Å². The Morgan fingerprint density at radius 2 is 2.00 bits per heavy atom. The quantitative estimate of drug-likeness (QED) is 0.503. The molecule has 0 aliphatic rings. The molecule has 0 rings (SSSR count). The van der Waals surface area contributed by atoms with Crippen LogP contribution in [0.3, 0.4) is 0 Å². The molecule has 0 aromatic carbocycles. The largest absolute Gasteiger partial charge is 0.414 e. The normalized spacial score (nSPS) is 11.0. The van der Waals surface area contributed by atoms with Gasteiger partial charge in [-0.25, -0.2) is 0 Å². The number of nitrogens with one attached hydrogen (secondary N) is 1. The third kappa shape index (κ3) is 7.40. The summed E-state index contributed by atoms with van der Waals surface area (Å²) in [5, 5.41) is 0. The van der Waals surface area contributed by atoms with Gasteiger partial charge in [-0.1, -0.05) is 34.3 Å². The summed E-state index contributed by atoms with van der Waals surface area (Å²) >= 11 is 0. The van der Waals surface area contributed by atoms with Crippen LogP contribution < -0.4 is 5.48 Å². The summed E-state index contributed by atoms with van der Waals surface area (Å²) in [5.74, 6) is 1.25. The maximum atomic E-state index is 4.95. The minimum absolute atomic E-state index is 0.442. The van der Waals surface area contributed by atoms with Gasteiger partial charge in [-0.3, -0.25) is 0 Å². The van der Waals surface area contributed by atoms with Crippen LogP contribution in [0.1, 0.15) is 34.1 Å². The van der Waals surface area contributed by atoms with Gasteiger partial charge >= 0.3 is 0 Å². The standard InChI is InChI=1S/C7H15NO.C2H6/c1-5-6(2)7(3)9-8-4;1-2/h6,8H,3,5H2,1-2,4H3;1-2H3. The van der Waals surface area contributed by atoms with Gasteiger partial charge in [-0.15, -0.1) is 0 Å². The fourth-order valence-corrected chi connectivity index (χ4v) is 0.459. The molecule has 0 fully saturated rings. The molecule has 0 saturated heterocycles. The lowest BCUT2D eigenvalue weighted by Crippen LogP contribution is -2.10. The van der Waals surface area contributed by atoms with E-state index in [9.17, 15) is 0 Å². The highest BCUT2D eigenvalue weighted by Gasteiger charge is 2.03. The predicted octanol–water partition coefficient (Wildman–Crippen LogP) is 2.72. The lowest BCUT2D eigenvalue weighted by Gasteiger charge is -2.11. The molecule has 11 heavy (non-hydrogen) atoms. The van der Waals surface area contributed by atoms with Gasteiger partial charge < -0.3 is 4.84 Å². The number of allylic oxidation sites excluding steroid dienone is 1. The molecule has 2 nitrogen and oxygen atoms in total. The number of rotatable bonds is 4. The van der Waals surface area contributed by atoms with Gasteiger partial charge in [-0.05, 0) is 6.42 Å². The first-order chi connectivity index (χ1) is 5.22. The summed E-state index contributed by atoms with van der Waals surface area (Å²) in [6.45, 7) is 11.9. The minimum atomic E-state index is 0.442. The van der Waals surface area contributed by atoms with Gasteiger partial charge in [-0.2, -0.15) is 5.48 Å². The summed E-state index contributed by atoms with van der Waals surface area (Å²) < 4.78 is 0. The highest BCUT2D eigenvalue weighted by atomic mass is 16.6. The monoisotopic (exact) mass is 159 g/mol. The predicted molar refractivity (Wildman–Crippen MR) is 50.1 cm³/mol. The summed E-state index contributed by atoms with van der Waals surface area (Å²) in [4.78, 5) is 4.95. The minimum Gasteiger partial charge on any atom is -0.414 e. The Kier molecular flexibility index (Phi) is 11.3. The molecule has 0 aliphatic carbocycles. The van der Waals surface area contributed by atoms with E-state index in [4.69, 9.17) is 4.84 Å². The maximum Gasteiger partial charge on any atom is 0.119 e. The van der Waals surface area contributed by atoms with Crippen molar-refractivity contribution in [3.8, 4) is 0 Å². The van der Waals surface area contributed by atoms with Crippen LogP contribution in [0, 0.1) is 5.92 Å². The summed E-state index contributed by atoms with van der Waals surface area (Å²) in [6.07, 6.45) is 1.07. The van der Waals surface area contributed by atoms with Crippen molar-refractivity contribution in [2.24, 2.45) is 5.92 Å². The molecule has 0 bridgehead atoms. The Morgan fingerprint density at radius 1 is 1.55 bits per heavy atom. The van der Waals surface area contributed by atoms with Crippen molar-refractivity contribution in [2.75, 3.05) is 7.05 Å². The number of hydrogen-bond donors (Lipinski definition) is 1. The summed E-state index contributed by atoms with van der Waals surface area (Å²) in [6, 6.07) is 0. The smallest absolute Gasteiger partial charge is 0.119 e. The molecule has 0 amide bonds. The van der Waals surface area contributed by atoms with E-state index in [0.29, 0.717) is 5.92 Å². The molecule has 0 saturated carbocycles. The van der Waals surface area contributed by atoms with Crippen LogP contribution in [0.25, 0.3) is 0 Å². The molecule has 1 atom stereocenters. The van der Waals surface area contributed by atoms with Gasteiger partial charge in [0.05, 0.1) is 0 Å². The van der Waals surface area contributed by atoms with E-state index in [1.54, 1.807) is 7.05 Å². The molecule has 0 spiro atoms. The Morgan fingerprint density at radius 3 is 2.27 bits per heavy atom. The Hall–Kier alpha value is -0.500. The molecule has 0 heterocycles. The SMILES string of the molecule is C=C(ONC)C(C)CC.CC. The second kappa shape index (κ2) is 9.50. The van der Waals surface area contributed by atoms with Crippen LogP contribution in [0.5, 0.6) is 0 Å². The first kappa shape index (κ1) is 13.1. The van der Waals surface area contributed by atoms with Crippen LogP contribution >= 0.6 is 0 Å². The number of hydroxylamine groups is 1. The molecule has 68 valence electrons. The van der Waals surface area contributed by atoms with Crippen molar-refractivity contribution in [1.82, 2.24) is 5.48 Å². The van der Waals surface area contributed by atoms with Crippen LogP contribution in [0.15, 0.2) is 12.3 Å². The molecule has 0 aliphatic heterocycles. The van der Waals surface area contributed by atoms with E-state index in [1.165, 1.54) is 0 Å². The van der Waals surface area contributed by atoms with E-state index in [0.717, 1.165) is 12.2 Å². The van der Waals surface area contributed by atoms with Crippen molar-refractivity contribution < 1.29 is 4.84 Å². The zero-order valence-corrected chi connectivity index (χ0v) is 8.40. The molecule has 1 N–H and O–H groups in total. The fourth-order valence-electron chi connectivity index (χ4n) is 0.459. The average Bonchev–Trinajstić information content (AvgIpc) is 2.07. The van der Waals surface area contributed by atoms with E-state index < -0.39 is 0 Å². The Balaban J connectivity index is 0. The van der Waals surface area contributed by atoms with Gasteiger partial charge in [0.15, 0.2) is 0 Å². The van der Waals surface area contributed by atoms with Gasteiger partial charge in [0, 0.05) is 13.0 Å². The fraction of sp³-hybridized carbons (Fsp3) is 0.778. The molecule has 0 radical (unpaired) electrons. The first-order valence-electron chi connectivity index (χ1n) is 4.24. The van der Waals surface area contributed by atoms with Gasteiger partial charge in [0.25, 0.3) is 0 Å². The van der Waals surface area contributed by atoms with E-state index >= 15 is 0 Å². The van der Waals surface area contributed by atoms with E-state index in [2.05, 4.69) is 25.9 Å². The Bertz CT molecular complexity index is 91.6. The first-order valence-corrected chi connectivity index (χ1v) is 4.24. The average molecular weight is 159 g/mol. The van der Waals surface area contributed by atoms with Crippen molar-refractivity contribution in [1.29, 1.82) is 0 Å². The van der Waals surface area contributed by atoms with Crippen molar-refractivity contribution in [3.63, 3.8) is 0 Å². The van der Waals surface area contributed by atoms with Crippen LogP contribution in [0.2, 0.25) is 0 Å². The molecular formula is C9H21NO. The summed E-state index contributed by atoms with van der Waals surface area (Å²) in [7, 11) is 1.73. The maximum absolute atomic E-state index is 4.95. The van der Waals surface area contributed by atoms with Crippen molar-refractivity contribution in [3.05, 3.63) is 12.3 Å². The number of hydrogen-bond acceptors (Lipinski definition) is 2. The molecule has 0 aromatic heterocycles. The Labute approximate surface area is 70.6 Å². The highest BCUT2D eigenvalue weighted by molar-refractivity contribution is 4.86. The van der Waals surface area contributed by atoms with E-state index in [-0.39, 0.29) is 0 Å². The third-order valence-corrected chi connectivity index (χ3v) is 1.40. The second-order valence-electron chi connectivity index (χ2n) is 2.08. The van der Waals surface area contributed by atoms with Gasteiger partial charge in [0.1, 0.15) is 5.76 Å². The summed E-state index contributed by atoms with van der Waals surface area (Å²) in [5.41, 5.74) is 2.58. The highest BCUT2D eigenvalue weighted by Crippen LogP contribution is 2.10. The molecule has 1 unspecified atom stereocenters. The third-order valence-electron chi connectivity index (χ3n) is 1.40. The zero-order valence-electron chi connectivity index (χ0n) is 8.40. The molecular weight excluding hydrogens is 138 g/mol. The molecule has 2 heteroatoms. The lowest BCUT2D eigenvalue weighted by atomic mass is 10.1. The topological polar surface area (TPSA) is 21.3 Å². The van der Waals surface area contributed by atoms with Crippen LogP contribution in [-0.4, -0.2) is 7.05 Å². The second-order valence-corrected chi connectivity index (χ2v) is 2.08. The molecule has 0 aromatic rings. The van der Waals surface area contributed by atoms with Crippen molar-refractivity contribution in [2.45, 2.75) is 34.1 Å². The van der Waals surface area contributed by atoms with Crippen molar-refractivity contribution >= 4 is 0 Å². The van der Waals surface area contributed by atoms with E-state index in [1.807, 2.05) is 13.8 Å².